The van der Waals surface area contributed by atoms with Gasteiger partial charge in [-0.2, -0.15) is 0 Å². The van der Waals surface area contributed by atoms with Crippen LogP contribution in [0.25, 0.3) is 15.8 Å². The molecule has 4 rings (SSSR count). The number of aryl methyl sites for hydroxylation is 1. The highest BCUT2D eigenvalue weighted by atomic mass is 32.2. The molecule has 2 aromatic rings. The fraction of sp³-hybridized carbons (Fsp3) is 0.188. The number of hydrogen-bond acceptors (Lipinski definition) is 4. The van der Waals surface area contributed by atoms with Crippen molar-refractivity contribution in [3.63, 3.8) is 0 Å². The lowest BCUT2D eigenvalue weighted by Gasteiger charge is -2.17. The van der Waals surface area contributed by atoms with Gasteiger partial charge < -0.3 is 4.90 Å². The fourth-order valence-electron chi connectivity index (χ4n) is 2.74. The Hall–Kier alpha value is -1.52. The topological polar surface area (TPSA) is 15.6 Å². The van der Waals surface area contributed by atoms with Crippen molar-refractivity contribution in [3.8, 4) is 0 Å². The van der Waals surface area contributed by atoms with E-state index >= 15 is 0 Å². The molecule has 2 aliphatic rings. The molecule has 2 nitrogen and oxygen atoms in total. The van der Waals surface area contributed by atoms with Crippen molar-refractivity contribution in [2.75, 3.05) is 13.1 Å². The van der Waals surface area contributed by atoms with E-state index in [-0.39, 0.29) is 0 Å². The van der Waals surface area contributed by atoms with Crippen LogP contribution >= 0.6 is 23.1 Å². The molecule has 0 spiro atoms. The van der Waals surface area contributed by atoms with Crippen LogP contribution in [0.2, 0.25) is 0 Å². The van der Waals surface area contributed by atoms with Crippen molar-refractivity contribution >= 4 is 44.0 Å². The van der Waals surface area contributed by atoms with Crippen LogP contribution in [-0.4, -0.2) is 23.2 Å². The van der Waals surface area contributed by atoms with Crippen molar-refractivity contribution in [2.24, 2.45) is 4.99 Å². The summed E-state index contributed by atoms with van der Waals surface area (Å²) in [6, 6.07) is 6.76. The molecule has 0 atom stereocenters. The summed E-state index contributed by atoms with van der Waals surface area (Å²) in [5.74, 6) is 0. The number of nitrogens with zero attached hydrogens (tertiary/aromatic N) is 2. The molecule has 0 N–H and O–H groups in total. The van der Waals surface area contributed by atoms with Gasteiger partial charge in [0.25, 0.3) is 0 Å². The third kappa shape index (κ3) is 1.68. The zero-order valence-electron chi connectivity index (χ0n) is 11.2. The Kier molecular flexibility index (Phi) is 2.75. The lowest BCUT2D eigenvalue weighted by Crippen LogP contribution is -2.19. The van der Waals surface area contributed by atoms with Crippen molar-refractivity contribution in [3.05, 3.63) is 52.3 Å². The average Bonchev–Trinajstić information content (AvgIpc) is 3.12. The van der Waals surface area contributed by atoms with Crippen LogP contribution in [0.4, 0.5) is 0 Å². The van der Waals surface area contributed by atoms with E-state index in [0.717, 1.165) is 18.3 Å². The number of fused-ring (bicyclic) bond motifs is 2. The van der Waals surface area contributed by atoms with E-state index in [1.165, 1.54) is 31.8 Å². The average molecular weight is 298 g/mol. The largest absolute Gasteiger partial charge is 0.317 e. The second kappa shape index (κ2) is 4.50. The van der Waals surface area contributed by atoms with Gasteiger partial charge >= 0.3 is 0 Å². The maximum Gasteiger partial charge on any atom is 0.168 e. The maximum atomic E-state index is 4.56. The molecular weight excluding hydrogens is 284 g/mol. The molecule has 0 amide bonds. The molecule has 20 heavy (non-hydrogen) atoms. The van der Waals surface area contributed by atoms with Crippen LogP contribution in [0.15, 0.2) is 46.1 Å². The third-order valence-corrected chi connectivity index (χ3v) is 5.93. The van der Waals surface area contributed by atoms with Gasteiger partial charge in [0, 0.05) is 21.7 Å². The van der Waals surface area contributed by atoms with E-state index < -0.39 is 0 Å². The third-order valence-electron chi connectivity index (χ3n) is 3.73. The Bertz CT molecular complexity index is 783. The molecule has 0 aliphatic carbocycles. The summed E-state index contributed by atoms with van der Waals surface area (Å²) in [5, 5.41) is 4.71. The second-order valence-corrected chi connectivity index (χ2v) is 6.88. The van der Waals surface area contributed by atoms with Gasteiger partial charge in [-0.3, -0.25) is 4.99 Å². The zero-order valence-corrected chi connectivity index (χ0v) is 12.9. The molecule has 0 radical (unpaired) electrons. The SMILES string of the molecule is C=CC1=C(c2ccc3scc(C)c3c2)N2CCN=C2S1. The van der Waals surface area contributed by atoms with Gasteiger partial charge in [0.05, 0.1) is 12.2 Å². The Morgan fingerprint density at radius 2 is 2.30 bits per heavy atom. The standard InChI is InChI=1S/C16H14N2S2/c1-3-13-15(18-7-6-17-16(18)20-13)11-4-5-14-12(8-11)10(2)9-19-14/h3-5,8-9H,1,6-7H2,2H3. The Morgan fingerprint density at radius 3 is 3.15 bits per heavy atom. The monoisotopic (exact) mass is 298 g/mol. The van der Waals surface area contributed by atoms with Crippen LogP contribution in [-0.2, 0) is 0 Å². The van der Waals surface area contributed by atoms with Crippen LogP contribution in [0.1, 0.15) is 11.1 Å². The highest BCUT2D eigenvalue weighted by Crippen LogP contribution is 2.43. The summed E-state index contributed by atoms with van der Waals surface area (Å²) in [7, 11) is 0. The van der Waals surface area contributed by atoms with Crippen LogP contribution in [0, 0.1) is 6.92 Å². The van der Waals surface area contributed by atoms with Crippen LogP contribution in [0.5, 0.6) is 0 Å². The molecule has 1 aromatic carbocycles. The van der Waals surface area contributed by atoms with Gasteiger partial charge in [-0.1, -0.05) is 18.7 Å². The summed E-state index contributed by atoms with van der Waals surface area (Å²) >= 11 is 3.55. The Balaban J connectivity index is 1.90. The molecule has 0 saturated carbocycles. The summed E-state index contributed by atoms with van der Waals surface area (Å²) in [4.78, 5) is 8.10. The Morgan fingerprint density at radius 1 is 1.40 bits per heavy atom. The number of thioether (sulfide) groups is 1. The van der Waals surface area contributed by atoms with Gasteiger partial charge in [-0.15, -0.1) is 11.3 Å². The smallest absolute Gasteiger partial charge is 0.168 e. The number of benzene rings is 1. The normalized spacial score (nSPS) is 17.9. The van der Waals surface area contributed by atoms with Gasteiger partial charge in [0.15, 0.2) is 5.17 Å². The summed E-state index contributed by atoms with van der Waals surface area (Å²) in [5.41, 5.74) is 3.90. The van der Waals surface area contributed by atoms with E-state index in [1.54, 1.807) is 11.8 Å². The summed E-state index contributed by atoms with van der Waals surface area (Å²) in [6.07, 6.45) is 1.95. The highest BCUT2D eigenvalue weighted by molar-refractivity contribution is 8.17. The lowest BCUT2D eigenvalue weighted by molar-refractivity contribution is 0.648. The number of thiophene rings is 1. The maximum absolute atomic E-state index is 4.56. The minimum atomic E-state index is 0.899. The Labute approximate surface area is 126 Å². The lowest BCUT2D eigenvalue weighted by atomic mass is 10.1. The number of amidine groups is 1. The van der Waals surface area contributed by atoms with E-state index in [1.807, 2.05) is 17.4 Å². The van der Waals surface area contributed by atoms with Crippen LogP contribution in [0.3, 0.4) is 0 Å². The highest BCUT2D eigenvalue weighted by Gasteiger charge is 2.31. The zero-order chi connectivity index (χ0) is 13.7. The second-order valence-electron chi connectivity index (χ2n) is 4.96. The molecule has 0 saturated heterocycles. The summed E-state index contributed by atoms with van der Waals surface area (Å²) in [6.45, 7) is 8.02. The van der Waals surface area contributed by atoms with E-state index in [9.17, 15) is 0 Å². The van der Waals surface area contributed by atoms with E-state index in [0.29, 0.717) is 0 Å². The molecule has 3 heterocycles. The minimum absolute atomic E-state index is 0.899. The molecule has 1 aromatic heterocycles. The van der Waals surface area contributed by atoms with Crippen molar-refractivity contribution in [1.29, 1.82) is 0 Å². The first-order valence-electron chi connectivity index (χ1n) is 6.62. The summed E-state index contributed by atoms with van der Waals surface area (Å²) < 4.78 is 1.35. The quantitative estimate of drug-likeness (QED) is 0.812. The van der Waals surface area contributed by atoms with Gasteiger partial charge in [0.2, 0.25) is 0 Å². The molecule has 0 bridgehead atoms. The van der Waals surface area contributed by atoms with Crippen molar-refractivity contribution in [2.45, 2.75) is 6.92 Å². The predicted molar refractivity (Wildman–Crippen MR) is 90.3 cm³/mol. The van der Waals surface area contributed by atoms with Crippen LogP contribution < -0.4 is 0 Å². The molecule has 2 aliphatic heterocycles. The first-order valence-corrected chi connectivity index (χ1v) is 8.32. The van der Waals surface area contributed by atoms with Crippen molar-refractivity contribution in [1.82, 2.24) is 4.90 Å². The first-order chi connectivity index (χ1) is 9.78. The molecule has 100 valence electrons. The fourth-order valence-corrected chi connectivity index (χ4v) is 4.72. The first kappa shape index (κ1) is 12.2. The van der Waals surface area contributed by atoms with E-state index in [4.69, 9.17) is 0 Å². The van der Waals surface area contributed by atoms with Gasteiger partial charge in [-0.05, 0) is 47.1 Å². The number of hydrogen-bond donors (Lipinski definition) is 0. The number of rotatable bonds is 2. The van der Waals surface area contributed by atoms with E-state index in [2.05, 4.69) is 47.0 Å². The number of allylic oxidation sites excluding steroid dienone is 1. The molecule has 4 heteroatoms. The molecule has 0 fully saturated rings. The van der Waals surface area contributed by atoms with Gasteiger partial charge in [-0.25, -0.2) is 0 Å². The van der Waals surface area contributed by atoms with Crippen molar-refractivity contribution < 1.29 is 0 Å². The minimum Gasteiger partial charge on any atom is -0.317 e. The predicted octanol–water partition coefficient (Wildman–Crippen LogP) is 4.48. The number of aliphatic imine (C=N–C) groups is 1. The molecular formula is C16H14N2S2. The van der Waals surface area contributed by atoms with Gasteiger partial charge in [0.1, 0.15) is 0 Å². The molecule has 0 unspecified atom stereocenters.